The fourth-order valence-electron chi connectivity index (χ4n) is 6.03. The van der Waals surface area contributed by atoms with Crippen LogP contribution in [0.4, 0.5) is 8.78 Å². The Hall–Kier alpha value is -1.65. The Morgan fingerprint density at radius 1 is 0.968 bits per heavy atom. The minimum Gasteiger partial charge on any atom is -0.491 e. The zero-order valence-electron chi connectivity index (χ0n) is 19.0. The zero-order valence-corrected chi connectivity index (χ0v) is 19.0. The molecule has 0 bridgehead atoms. The molecule has 1 unspecified atom stereocenters. The largest absolute Gasteiger partial charge is 0.491 e. The van der Waals surface area contributed by atoms with Crippen molar-refractivity contribution in [2.24, 2.45) is 23.7 Å². The van der Waals surface area contributed by atoms with Crippen LogP contribution in [0.2, 0.25) is 0 Å². The number of benzene rings is 1. The minimum atomic E-state index is -1.09. The molecule has 3 nitrogen and oxygen atoms in total. The molecule has 0 saturated heterocycles. The van der Waals surface area contributed by atoms with E-state index >= 15 is 0 Å². The summed E-state index contributed by atoms with van der Waals surface area (Å²) in [6.07, 6.45) is 12.7. The fourth-order valence-corrected chi connectivity index (χ4v) is 6.03. The lowest BCUT2D eigenvalue weighted by atomic mass is 9.67. The highest BCUT2D eigenvalue weighted by Gasteiger charge is 2.34. The smallest absolute Gasteiger partial charge is 0.311 e. The molecule has 0 aliphatic heterocycles. The number of carboxylic acids is 1. The first-order valence-corrected chi connectivity index (χ1v) is 12.3. The average molecular weight is 437 g/mol. The van der Waals surface area contributed by atoms with Gasteiger partial charge in [0.15, 0.2) is 11.6 Å². The maximum atomic E-state index is 14.6. The minimum absolute atomic E-state index is 0.0650. The molecule has 3 rings (SSSR count). The highest BCUT2D eigenvalue weighted by atomic mass is 19.2. The van der Waals surface area contributed by atoms with Crippen LogP contribution in [0, 0.1) is 35.3 Å². The Kier molecular flexibility index (Phi) is 8.74. The molecular weight excluding hydrogens is 398 g/mol. The molecule has 1 N–H and O–H groups in total. The van der Waals surface area contributed by atoms with E-state index in [0.717, 1.165) is 43.4 Å². The monoisotopic (exact) mass is 436 g/mol. The highest BCUT2D eigenvalue weighted by Crippen LogP contribution is 2.44. The van der Waals surface area contributed by atoms with Gasteiger partial charge in [-0.25, -0.2) is 4.39 Å². The zero-order chi connectivity index (χ0) is 22.4. The maximum Gasteiger partial charge on any atom is 0.311 e. The molecule has 1 aromatic carbocycles. The van der Waals surface area contributed by atoms with Crippen molar-refractivity contribution < 1.29 is 23.4 Å². The summed E-state index contributed by atoms with van der Waals surface area (Å²) < 4.78 is 34.0. The number of halogens is 2. The first kappa shape index (κ1) is 24.0. The second kappa shape index (κ2) is 11.3. The lowest BCUT2D eigenvalue weighted by Gasteiger charge is -2.38. The molecule has 0 amide bonds. The molecule has 1 aromatic rings. The quantitative estimate of drug-likeness (QED) is 0.441. The average Bonchev–Trinajstić information content (AvgIpc) is 2.77. The summed E-state index contributed by atoms with van der Waals surface area (Å²) in [5, 5.41) is 9.75. The molecule has 0 aromatic heterocycles. The van der Waals surface area contributed by atoms with Gasteiger partial charge in [-0.15, -0.1) is 0 Å². The number of hydrogen-bond acceptors (Lipinski definition) is 2. The van der Waals surface area contributed by atoms with Crippen LogP contribution < -0.4 is 4.74 Å². The first-order chi connectivity index (χ1) is 14.9. The molecule has 0 radical (unpaired) electrons. The van der Waals surface area contributed by atoms with Gasteiger partial charge in [0.05, 0.1) is 12.5 Å². The second-order valence-electron chi connectivity index (χ2n) is 9.69. The van der Waals surface area contributed by atoms with Gasteiger partial charge in [-0.1, -0.05) is 51.5 Å². The van der Waals surface area contributed by atoms with E-state index in [9.17, 15) is 18.7 Å². The fraction of sp³-hybridized carbons (Fsp3) is 0.731. The molecule has 0 heterocycles. The van der Waals surface area contributed by atoms with Crippen molar-refractivity contribution in [2.45, 2.75) is 90.4 Å². The third-order valence-corrected chi connectivity index (χ3v) is 7.77. The van der Waals surface area contributed by atoms with Crippen LogP contribution in [-0.2, 0) is 4.79 Å². The molecule has 2 aliphatic carbocycles. The van der Waals surface area contributed by atoms with E-state index in [0.29, 0.717) is 6.42 Å². The molecular formula is C26H38F2O3. The van der Waals surface area contributed by atoms with E-state index in [2.05, 4.69) is 6.92 Å². The Morgan fingerprint density at radius 3 is 2.06 bits per heavy atom. The number of carbonyl (C=O) groups is 1. The van der Waals surface area contributed by atoms with Crippen LogP contribution in [0.3, 0.4) is 0 Å². The van der Waals surface area contributed by atoms with Crippen LogP contribution in [0.15, 0.2) is 12.1 Å². The summed E-state index contributed by atoms with van der Waals surface area (Å²) in [6, 6.07) is 2.72. The Balaban J connectivity index is 1.57. The van der Waals surface area contributed by atoms with Gasteiger partial charge < -0.3 is 9.84 Å². The van der Waals surface area contributed by atoms with Crippen molar-refractivity contribution in [3.05, 3.63) is 29.3 Å². The molecule has 31 heavy (non-hydrogen) atoms. The van der Waals surface area contributed by atoms with Crippen molar-refractivity contribution in [1.82, 2.24) is 0 Å². The highest BCUT2D eigenvalue weighted by molar-refractivity contribution is 5.76. The third kappa shape index (κ3) is 5.98. The predicted molar refractivity (Wildman–Crippen MR) is 118 cm³/mol. The van der Waals surface area contributed by atoms with E-state index in [1.807, 2.05) is 0 Å². The molecule has 2 aliphatic rings. The van der Waals surface area contributed by atoms with Crippen molar-refractivity contribution in [3.63, 3.8) is 0 Å². The van der Waals surface area contributed by atoms with Crippen LogP contribution in [-0.4, -0.2) is 17.7 Å². The van der Waals surface area contributed by atoms with E-state index in [4.69, 9.17) is 4.74 Å². The van der Waals surface area contributed by atoms with Crippen LogP contribution in [0.25, 0.3) is 0 Å². The van der Waals surface area contributed by atoms with Gasteiger partial charge in [-0.05, 0) is 68.8 Å². The van der Waals surface area contributed by atoms with E-state index in [1.54, 1.807) is 6.92 Å². The van der Waals surface area contributed by atoms with Gasteiger partial charge in [-0.3, -0.25) is 4.79 Å². The van der Waals surface area contributed by atoms with Gasteiger partial charge in [-0.2, -0.15) is 4.39 Å². The van der Waals surface area contributed by atoms with Gasteiger partial charge in [0.2, 0.25) is 5.82 Å². The number of ether oxygens (including phenoxy) is 1. The summed E-state index contributed by atoms with van der Waals surface area (Å²) in [6.45, 7) is 4.19. The SMILES string of the molecule is CCC[C@H]1CC[C@H](C2CCC(CC(C(=O)O)c3ccc(OCC)c(F)c3F)CC2)CC1. The lowest BCUT2D eigenvalue weighted by Crippen LogP contribution is -2.27. The van der Waals surface area contributed by atoms with Crippen molar-refractivity contribution in [3.8, 4) is 5.75 Å². The number of rotatable bonds is 9. The topological polar surface area (TPSA) is 46.5 Å². The summed E-state index contributed by atoms with van der Waals surface area (Å²) >= 11 is 0. The number of aliphatic carboxylic acids is 1. The molecule has 5 heteroatoms. The maximum absolute atomic E-state index is 14.6. The molecule has 0 spiro atoms. The Labute approximate surface area is 185 Å². The predicted octanol–water partition coefficient (Wildman–Crippen LogP) is 7.33. The summed E-state index contributed by atoms with van der Waals surface area (Å²) in [7, 11) is 0. The Bertz CT molecular complexity index is 720. The molecule has 2 saturated carbocycles. The van der Waals surface area contributed by atoms with Crippen LogP contribution in [0.1, 0.15) is 96.0 Å². The van der Waals surface area contributed by atoms with E-state index in [1.165, 1.54) is 50.7 Å². The standard InChI is InChI=1S/C26H38F2O3/c1-3-5-17-6-10-19(11-7-17)20-12-8-18(9-13-20)16-22(26(29)30)21-14-15-23(31-4-2)25(28)24(21)27/h14-15,17-20,22H,3-13,16H2,1-2H3,(H,29,30)/t17-,18?,19-,20?,22?. The first-order valence-electron chi connectivity index (χ1n) is 12.3. The number of carboxylic acid groups (broad SMARTS) is 1. The summed E-state index contributed by atoms with van der Waals surface area (Å²) in [4.78, 5) is 11.9. The van der Waals surface area contributed by atoms with Crippen LogP contribution in [0.5, 0.6) is 5.75 Å². The van der Waals surface area contributed by atoms with Gasteiger partial charge >= 0.3 is 5.97 Å². The van der Waals surface area contributed by atoms with E-state index < -0.39 is 23.5 Å². The second-order valence-corrected chi connectivity index (χ2v) is 9.69. The van der Waals surface area contributed by atoms with Crippen molar-refractivity contribution in [2.75, 3.05) is 6.61 Å². The van der Waals surface area contributed by atoms with Crippen molar-refractivity contribution in [1.29, 1.82) is 0 Å². The van der Waals surface area contributed by atoms with Gasteiger partial charge in [0.1, 0.15) is 0 Å². The van der Waals surface area contributed by atoms with Gasteiger partial charge in [0.25, 0.3) is 0 Å². The third-order valence-electron chi connectivity index (χ3n) is 7.77. The normalized spacial score (nSPS) is 27.6. The van der Waals surface area contributed by atoms with E-state index in [-0.39, 0.29) is 23.8 Å². The van der Waals surface area contributed by atoms with Gasteiger partial charge in [0, 0.05) is 5.56 Å². The molecule has 2 fully saturated rings. The lowest BCUT2D eigenvalue weighted by molar-refractivity contribution is -0.139. The summed E-state index contributed by atoms with van der Waals surface area (Å²) in [5.74, 6) is -1.70. The molecule has 174 valence electrons. The Morgan fingerprint density at radius 2 is 1.55 bits per heavy atom. The van der Waals surface area contributed by atoms with Crippen LogP contribution >= 0.6 is 0 Å². The number of hydrogen-bond donors (Lipinski definition) is 1. The summed E-state index contributed by atoms with van der Waals surface area (Å²) in [5.41, 5.74) is -0.0650. The molecule has 1 atom stereocenters. The van der Waals surface area contributed by atoms with Crippen molar-refractivity contribution >= 4 is 5.97 Å².